The van der Waals surface area contributed by atoms with Gasteiger partial charge in [0.2, 0.25) is 0 Å². The predicted octanol–water partition coefficient (Wildman–Crippen LogP) is 5.09. The number of halogens is 2. The monoisotopic (exact) mass is 436 g/mol. The van der Waals surface area contributed by atoms with E-state index in [1.54, 1.807) is 12.1 Å². The fourth-order valence-corrected chi connectivity index (χ4v) is 4.29. The fraction of sp³-hybridized carbons (Fsp3) is 0.333. The van der Waals surface area contributed by atoms with E-state index in [1.807, 2.05) is 36.4 Å². The first-order chi connectivity index (χ1) is 13.4. The summed E-state index contributed by atoms with van der Waals surface area (Å²) in [5.41, 5.74) is 0.483. The Morgan fingerprint density at radius 2 is 1.71 bits per heavy atom. The average Bonchev–Trinajstić information content (AvgIpc) is 3.00. The topological polar surface area (TPSA) is 41.6 Å². The van der Waals surface area contributed by atoms with Gasteiger partial charge in [0.1, 0.15) is 0 Å². The number of carbonyl (C=O) groups is 1. The summed E-state index contributed by atoms with van der Waals surface area (Å²) in [5.74, 6) is -0.406. The summed E-state index contributed by atoms with van der Waals surface area (Å²) in [7, 11) is 1.39. The molecule has 0 spiro atoms. The highest BCUT2D eigenvalue weighted by Gasteiger charge is 2.57. The molecule has 1 aliphatic rings. The number of methoxy groups -OCH3 is 1. The molecule has 4 nitrogen and oxygen atoms in total. The Hall–Kier alpha value is -1.82. The third-order valence-corrected chi connectivity index (χ3v) is 5.87. The van der Waals surface area contributed by atoms with Crippen molar-refractivity contribution < 1.29 is 9.53 Å². The first-order valence-electron chi connectivity index (χ1n) is 9.12. The molecule has 1 saturated heterocycles. The van der Waals surface area contributed by atoms with Gasteiger partial charge in [-0.05, 0) is 54.0 Å². The summed E-state index contributed by atoms with van der Waals surface area (Å²) in [6.07, 6.45) is 1.96. The van der Waals surface area contributed by atoms with Crippen LogP contribution >= 0.6 is 35.4 Å². The van der Waals surface area contributed by atoms with Crippen molar-refractivity contribution in [1.29, 1.82) is 0 Å². The number of carbonyl (C=O) groups excluding carboxylic acids is 1. The first kappa shape index (κ1) is 20.9. The van der Waals surface area contributed by atoms with Gasteiger partial charge in [0, 0.05) is 16.6 Å². The second-order valence-corrected chi connectivity index (χ2v) is 8.00. The third kappa shape index (κ3) is 3.71. The number of unbranched alkanes of at least 4 members (excludes halogenated alkanes) is 1. The molecule has 2 aromatic carbocycles. The molecular formula is C21H22Cl2N2O2S. The van der Waals surface area contributed by atoms with E-state index < -0.39 is 11.5 Å². The van der Waals surface area contributed by atoms with Crippen LogP contribution in [0.25, 0.3) is 0 Å². The maximum absolute atomic E-state index is 13.2. The number of hydrogen-bond donors (Lipinski definition) is 1. The Kier molecular flexibility index (Phi) is 6.48. The summed E-state index contributed by atoms with van der Waals surface area (Å²) < 4.78 is 5.25. The van der Waals surface area contributed by atoms with E-state index in [-0.39, 0.29) is 6.04 Å². The highest BCUT2D eigenvalue weighted by Crippen LogP contribution is 2.45. The van der Waals surface area contributed by atoms with Gasteiger partial charge in [-0.2, -0.15) is 0 Å². The van der Waals surface area contributed by atoms with Crippen molar-refractivity contribution in [2.45, 2.75) is 31.3 Å². The van der Waals surface area contributed by atoms with Crippen molar-refractivity contribution in [2.75, 3.05) is 13.7 Å². The van der Waals surface area contributed by atoms with Crippen LogP contribution in [0, 0.1) is 0 Å². The number of benzene rings is 2. The van der Waals surface area contributed by atoms with E-state index in [1.165, 1.54) is 7.11 Å². The molecule has 2 atom stereocenters. The van der Waals surface area contributed by atoms with Gasteiger partial charge in [-0.1, -0.05) is 60.8 Å². The summed E-state index contributed by atoms with van der Waals surface area (Å²) in [6, 6.07) is 14.3. The van der Waals surface area contributed by atoms with Crippen LogP contribution in [0.1, 0.15) is 36.9 Å². The molecule has 2 aromatic rings. The minimum absolute atomic E-state index is 0.377. The van der Waals surface area contributed by atoms with Crippen LogP contribution in [0.5, 0.6) is 0 Å². The van der Waals surface area contributed by atoms with Gasteiger partial charge in [-0.25, -0.2) is 4.79 Å². The number of ether oxygens (including phenoxy) is 1. The van der Waals surface area contributed by atoms with Crippen LogP contribution in [0.3, 0.4) is 0 Å². The minimum Gasteiger partial charge on any atom is -0.467 e. The molecule has 28 heavy (non-hydrogen) atoms. The quantitative estimate of drug-likeness (QED) is 0.504. The molecule has 0 amide bonds. The second kappa shape index (κ2) is 8.68. The summed E-state index contributed by atoms with van der Waals surface area (Å²) in [5, 5.41) is 5.03. The lowest BCUT2D eigenvalue weighted by Gasteiger charge is -2.35. The summed E-state index contributed by atoms with van der Waals surface area (Å²) >= 11 is 17.8. The van der Waals surface area contributed by atoms with Crippen molar-refractivity contribution in [1.82, 2.24) is 10.2 Å². The van der Waals surface area contributed by atoms with Crippen LogP contribution < -0.4 is 5.32 Å². The normalized spacial score (nSPS) is 21.5. The molecule has 0 aliphatic carbocycles. The van der Waals surface area contributed by atoms with Crippen molar-refractivity contribution in [2.24, 2.45) is 0 Å². The molecule has 0 radical (unpaired) electrons. The van der Waals surface area contributed by atoms with Gasteiger partial charge in [-0.15, -0.1) is 0 Å². The molecule has 0 saturated carbocycles. The highest BCUT2D eigenvalue weighted by atomic mass is 35.5. The molecule has 1 aliphatic heterocycles. The molecule has 0 aromatic heterocycles. The SMILES string of the molecule is CCCCN1C(=S)N[C@](C(=O)OC)(c2ccc(Cl)cc2)[C@H]1c1ccc(Cl)cc1. The van der Waals surface area contributed by atoms with Crippen molar-refractivity contribution in [3.8, 4) is 0 Å². The third-order valence-electron chi connectivity index (χ3n) is 5.03. The second-order valence-electron chi connectivity index (χ2n) is 6.74. The molecule has 148 valence electrons. The molecule has 1 N–H and O–H groups in total. The molecule has 1 fully saturated rings. The van der Waals surface area contributed by atoms with Crippen LogP contribution in [-0.2, 0) is 15.1 Å². The molecule has 0 unspecified atom stereocenters. The number of thiocarbonyl (C=S) groups is 1. The van der Waals surface area contributed by atoms with Crippen LogP contribution in [0.2, 0.25) is 10.0 Å². The van der Waals surface area contributed by atoms with Gasteiger partial charge in [-0.3, -0.25) is 0 Å². The number of rotatable bonds is 6. The molecule has 0 bridgehead atoms. The zero-order valence-corrected chi connectivity index (χ0v) is 18.1. The number of nitrogens with zero attached hydrogens (tertiary/aromatic N) is 1. The van der Waals surface area contributed by atoms with E-state index >= 15 is 0 Å². The van der Waals surface area contributed by atoms with Crippen molar-refractivity contribution in [3.05, 3.63) is 69.7 Å². The lowest BCUT2D eigenvalue weighted by Crippen LogP contribution is -2.50. The standard InChI is InChI=1S/C21H22Cl2N2O2S/c1-3-4-13-25-18(14-5-9-16(22)10-6-14)21(19(26)27-2,24-20(25)28)15-7-11-17(23)12-8-15/h5-12,18H,3-4,13H2,1-2H3,(H,24,28)/t18-,21-/m1/s1. The Bertz CT molecular complexity index is 858. The summed E-state index contributed by atoms with van der Waals surface area (Å²) in [6.45, 7) is 2.85. The van der Waals surface area contributed by atoms with E-state index in [4.69, 9.17) is 40.2 Å². The Morgan fingerprint density at radius 3 is 2.25 bits per heavy atom. The van der Waals surface area contributed by atoms with Crippen molar-refractivity contribution >= 4 is 46.5 Å². The smallest absolute Gasteiger partial charge is 0.338 e. The maximum Gasteiger partial charge on any atom is 0.338 e. The van der Waals surface area contributed by atoms with Crippen LogP contribution in [0.4, 0.5) is 0 Å². The molecular weight excluding hydrogens is 415 g/mol. The van der Waals surface area contributed by atoms with Crippen LogP contribution in [-0.4, -0.2) is 29.6 Å². The fourth-order valence-electron chi connectivity index (χ4n) is 3.68. The molecule has 3 rings (SSSR count). The average molecular weight is 437 g/mol. The maximum atomic E-state index is 13.2. The van der Waals surface area contributed by atoms with E-state index in [9.17, 15) is 4.79 Å². The van der Waals surface area contributed by atoms with Gasteiger partial charge in [0.25, 0.3) is 0 Å². The first-order valence-corrected chi connectivity index (χ1v) is 10.3. The lowest BCUT2D eigenvalue weighted by atomic mass is 9.80. The molecule has 1 heterocycles. The minimum atomic E-state index is -1.18. The molecule has 7 heteroatoms. The van der Waals surface area contributed by atoms with Gasteiger partial charge in [0.05, 0.1) is 13.2 Å². The van der Waals surface area contributed by atoms with Crippen LogP contribution in [0.15, 0.2) is 48.5 Å². The Balaban J connectivity index is 2.21. The van der Waals surface area contributed by atoms with Gasteiger partial charge >= 0.3 is 5.97 Å². The predicted molar refractivity (Wildman–Crippen MR) is 117 cm³/mol. The zero-order valence-electron chi connectivity index (χ0n) is 15.7. The number of esters is 1. The Morgan fingerprint density at radius 1 is 1.14 bits per heavy atom. The number of hydrogen-bond acceptors (Lipinski definition) is 3. The van der Waals surface area contributed by atoms with E-state index in [2.05, 4.69) is 17.1 Å². The lowest BCUT2D eigenvalue weighted by molar-refractivity contribution is -0.150. The van der Waals surface area contributed by atoms with Gasteiger partial charge in [0.15, 0.2) is 10.7 Å². The number of nitrogens with one attached hydrogen (secondary N) is 1. The van der Waals surface area contributed by atoms with Gasteiger partial charge < -0.3 is 15.0 Å². The highest BCUT2D eigenvalue weighted by molar-refractivity contribution is 7.80. The van der Waals surface area contributed by atoms with E-state index in [0.29, 0.717) is 15.2 Å². The van der Waals surface area contributed by atoms with E-state index in [0.717, 1.165) is 30.5 Å². The largest absolute Gasteiger partial charge is 0.467 e. The zero-order chi connectivity index (χ0) is 20.3. The summed E-state index contributed by atoms with van der Waals surface area (Å²) in [4.78, 5) is 15.3. The van der Waals surface area contributed by atoms with Crippen molar-refractivity contribution in [3.63, 3.8) is 0 Å². The Labute approximate surface area is 180 Å².